The lowest BCUT2D eigenvalue weighted by atomic mass is 10.0. The lowest BCUT2D eigenvalue weighted by molar-refractivity contribution is 0.174. The molecular formula is C17H17FN2O. The molecule has 1 N–H and O–H groups in total. The molecule has 0 radical (unpaired) electrons. The minimum atomic E-state index is -0.534. The Bertz CT molecular complexity index is 749. The van der Waals surface area contributed by atoms with Crippen molar-refractivity contribution in [2.24, 2.45) is 7.05 Å². The van der Waals surface area contributed by atoms with Gasteiger partial charge in [0.2, 0.25) is 0 Å². The van der Waals surface area contributed by atoms with Crippen molar-refractivity contribution < 1.29 is 9.50 Å². The summed E-state index contributed by atoms with van der Waals surface area (Å²) < 4.78 is 14.7. The number of aliphatic hydroxyl groups excluding tert-OH is 1. The van der Waals surface area contributed by atoms with Gasteiger partial charge >= 0.3 is 0 Å². The van der Waals surface area contributed by atoms with Crippen LogP contribution in [0.4, 0.5) is 4.39 Å². The second-order valence-electron chi connectivity index (χ2n) is 5.28. The van der Waals surface area contributed by atoms with E-state index in [1.165, 1.54) is 12.1 Å². The predicted molar refractivity (Wildman–Crippen MR) is 80.5 cm³/mol. The smallest absolute Gasteiger partial charge is 0.123 e. The molecule has 4 heteroatoms. The van der Waals surface area contributed by atoms with Crippen LogP contribution in [0.15, 0.2) is 48.5 Å². The van der Waals surface area contributed by atoms with Crippen molar-refractivity contribution >= 4 is 10.9 Å². The number of halogens is 1. The number of hydrogen-bond acceptors (Lipinski definition) is 2. The van der Waals surface area contributed by atoms with Crippen molar-refractivity contribution in [2.45, 2.75) is 18.9 Å². The third kappa shape index (κ3) is 2.95. The van der Waals surface area contributed by atoms with E-state index in [0.717, 1.165) is 22.2 Å². The molecular weight excluding hydrogens is 267 g/mol. The van der Waals surface area contributed by atoms with Crippen LogP contribution in [0.25, 0.3) is 10.9 Å². The maximum absolute atomic E-state index is 12.9. The standard InChI is InChI=1S/C17H17FN2O/c1-20-17-5-3-2-4-15(17)16(19-20)11-14(21)10-12-6-8-13(18)9-7-12/h2-9,14,21H,10-11H2,1H3. The Balaban J connectivity index is 1.77. The summed E-state index contributed by atoms with van der Waals surface area (Å²) in [4.78, 5) is 0. The number of fused-ring (bicyclic) bond motifs is 1. The van der Waals surface area contributed by atoms with Gasteiger partial charge in [0.05, 0.1) is 17.3 Å². The van der Waals surface area contributed by atoms with Crippen LogP contribution in [0.1, 0.15) is 11.3 Å². The molecule has 0 aliphatic rings. The van der Waals surface area contributed by atoms with Gasteiger partial charge in [-0.1, -0.05) is 30.3 Å². The number of aromatic nitrogens is 2. The molecule has 2 aromatic carbocycles. The first-order chi connectivity index (χ1) is 10.1. The van der Waals surface area contributed by atoms with Gasteiger partial charge in [-0.3, -0.25) is 4.68 Å². The number of para-hydroxylation sites is 1. The topological polar surface area (TPSA) is 38.0 Å². The second-order valence-corrected chi connectivity index (χ2v) is 5.28. The molecule has 3 rings (SSSR count). The van der Waals surface area contributed by atoms with Gasteiger partial charge in [0.15, 0.2) is 0 Å². The fourth-order valence-corrected chi connectivity index (χ4v) is 2.63. The van der Waals surface area contributed by atoms with Gasteiger partial charge in [-0.15, -0.1) is 0 Å². The van der Waals surface area contributed by atoms with Gasteiger partial charge in [0.25, 0.3) is 0 Å². The molecule has 1 aromatic heterocycles. The molecule has 0 saturated carbocycles. The van der Waals surface area contributed by atoms with Crippen molar-refractivity contribution in [1.82, 2.24) is 9.78 Å². The summed E-state index contributed by atoms with van der Waals surface area (Å²) in [5.41, 5.74) is 2.87. The first kappa shape index (κ1) is 13.8. The minimum absolute atomic E-state index is 0.260. The third-order valence-electron chi connectivity index (χ3n) is 3.65. The molecule has 108 valence electrons. The molecule has 0 bridgehead atoms. The van der Waals surface area contributed by atoms with Crippen molar-refractivity contribution in [3.05, 3.63) is 65.6 Å². The third-order valence-corrected chi connectivity index (χ3v) is 3.65. The molecule has 3 nitrogen and oxygen atoms in total. The highest BCUT2D eigenvalue weighted by Crippen LogP contribution is 2.19. The second kappa shape index (κ2) is 5.66. The average molecular weight is 284 g/mol. The molecule has 1 atom stereocenters. The molecule has 0 spiro atoms. The van der Waals surface area contributed by atoms with Gasteiger partial charge in [-0.05, 0) is 30.2 Å². The first-order valence-electron chi connectivity index (χ1n) is 6.96. The number of rotatable bonds is 4. The summed E-state index contributed by atoms with van der Waals surface area (Å²) in [6.07, 6.45) is 0.443. The highest BCUT2D eigenvalue weighted by atomic mass is 19.1. The van der Waals surface area contributed by atoms with E-state index in [4.69, 9.17) is 0 Å². The molecule has 21 heavy (non-hydrogen) atoms. The van der Waals surface area contributed by atoms with Gasteiger partial charge in [-0.25, -0.2) is 4.39 Å². The Morgan fingerprint density at radius 2 is 1.81 bits per heavy atom. The van der Waals surface area contributed by atoms with Gasteiger partial charge in [0, 0.05) is 18.9 Å². The van der Waals surface area contributed by atoms with E-state index in [9.17, 15) is 9.50 Å². The van der Waals surface area contributed by atoms with E-state index in [1.807, 2.05) is 36.0 Å². The fraction of sp³-hybridized carbons (Fsp3) is 0.235. The zero-order valence-electron chi connectivity index (χ0n) is 11.8. The zero-order valence-corrected chi connectivity index (χ0v) is 11.8. The van der Waals surface area contributed by atoms with Crippen LogP contribution in [0.2, 0.25) is 0 Å². The summed E-state index contributed by atoms with van der Waals surface area (Å²) in [5.74, 6) is -0.260. The Morgan fingerprint density at radius 3 is 2.57 bits per heavy atom. The van der Waals surface area contributed by atoms with Gasteiger partial charge in [-0.2, -0.15) is 5.10 Å². The number of aliphatic hydroxyl groups is 1. The van der Waals surface area contributed by atoms with Gasteiger partial charge in [0.1, 0.15) is 5.82 Å². The SMILES string of the molecule is Cn1nc(CC(O)Cc2ccc(F)cc2)c2ccccc21. The lowest BCUT2D eigenvalue weighted by Gasteiger charge is -2.09. The monoisotopic (exact) mass is 284 g/mol. The predicted octanol–water partition coefficient (Wildman–Crippen LogP) is 2.86. The normalized spacial score (nSPS) is 12.7. The van der Waals surface area contributed by atoms with E-state index in [0.29, 0.717) is 12.8 Å². The summed E-state index contributed by atoms with van der Waals surface area (Å²) in [6.45, 7) is 0. The number of aryl methyl sites for hydroxylation is 1. The van der Waals surface area contributed by atoms with Crippen LogP contribution < -0.4 is 0 Å². The molecule has 0 fully saturated rings. The number of nitrogens with zero attached hydrogens (tertiary/aromatic N) is 2. The number of hydrogen-bond donors (Lipinski definition) is 1. The largest absolute Gasteiger partial charge is 0.392 e. The fourth-order valence-electron chi connectivity index (χ4n) is 2.63. The van der Waals surface area contributed by atoms with Crippen LogP contribution in [-0.4, -0.2) is 21.0 Å². The Kier molecular flexibility index (Phi) is 3.71. The van der Waals surface area contributed by atoms with Crippen molar-refractivity contribution in [3.8, 4) is 0 Å². The highest BCUT2D eigenvalue weighted by molar-refractivity contribution is 5.81. The summed E-state index contributed by atoms with van der Waals surface area (Å²) in [5, 5.41) is 15.8. The van der Waals surface area contributed by atoms with E-state index in [1.54, 1.807) is 12.1 Å². The molecule has 0 aliphatic carbocycles. The van der Waals surface area contributed by atoms with Crippen LogP contribution in [0, 0.1) is 5.82 Å². The average Bonchev–Trinajstić information content (AvgIpc) is 2.78. The zero-order chi connectivity index (χ0) is 14.8. The Labute approximate surface area is 122 Å². The molecule has 0 amide bonds. The summed E-state index contributed by atoms with van der Waals surface area (Å²) >= 11 is 0. The van der Waals surface area contributed by atoms with Crippen LogP contribution in [0.3, 0.4) is 0 Å². The van der Waals surface area contributed by atoms with Crippen LogP contribution in [0.5, 0.6) is 0 Å². The Morgan fingerprint density at radius 1 is 1.10 bits per heavy atom. The maximum Gasteiger partial charge on any atom is 0.123 e. The quantitative estimate of drug-likeness (QED) is 0.800. The van der Waals surface area contributed by atoms with Crippen molar-refractivity contribution in [3.63, 3.8) is 0 Å². The number of benzene rings is 2. The molecule has 1 heterocycles. The van der Waals surface area contributed by atoms with Crippen LogP contribution in [-0.2, 0) is 19.9 Å². The summed E-state index contributed by atoms with van der Waals surface area (Å²) in [7, 11) is 1.90. The van der Waals surface area contributed by atoms with Crippen molar-refractivity contribution in [1.29, 1.82) is 0 Å². The van der Waals surface area contributed by atoms with Crippen LogP contribution >= 0.6 is 0 Å². The van der Waals surface area contributed by atoms with E-state index >= 15 is 0 Å². The van der Waals surface area contributed by atoms with E-state index in [2.05, 4.69) is 5.10 Å². The van der Waals surface area contributed by atoms with E-state index < -0.39 is 6.10 Å². The highest BCUT2D eigenvalue weighted by Gasteiger charge is 2.13. The maximum atomic E-state index is 12.9. The van der Waals surface area contributed by atoms with Crippen molar-refractivity contribution in [2.75, 3.05) is 0 Å². The lowest BCUT2D eigenvalue weighted by Crippen LogP contribution is -2.14. The Hall–Kier alpha value is -2.20. The molecule has 3 aromatic rings. The molecule has 0 aliphatic heterocycles. The molecule has 0 saturated heterocycles. The first-order valence-corrected chi connectivity index (χ1v) is 6.96. The summed E-state index contributed by atoms with van der Waals surface area (Å²) in [6, 6.07) is 14.2. The van der Waals surface area contributed by atoms with E-state index in [-0.39, 0.29) is 5.82 Å². The minimum Gasteiger partial charge on any atom is -0.392 e. The van der Waals surface area contributed by atoms with Gasteiger partial charge < -0.3 is 5.11 Å². The molecule has 1 unspecified atom stereocenters.